The van der Waals surface area contributed by atoms with E-state index in [1.165, 1.54) is 0 Å². The van der Waals surface area contributed by atoms with Crippen molar-refractivity contribution in [2.45, 2.75) is 36.7 Å². The number of halogens is 2. The van der Waals surface area contributed by atoms with Gasteiger partial charge in [0.1, 0.15) is 5.76 Å². The Labute approximate surface area is 110 Å². The first kappa shape index (κ1) is 12.9. The maximum atomic E-state index is 11.9. The number of carbonyl (C=O) groups is 1. The first-order valence-corrected chi connectivity index (χ1v) is 6.42. The fourth-order valence-electron chi connectivity index (χ4n) is 2.44. The Kier molecular flexibility index (Phi) is 3.53. The number of alkyl halides is 2. The topological polar surface area (TPSA) is 42.2 Å². The van der Waals surface area contributed by atoms with Gasteiger partial charge in [-0.2, -0.15) is 0 Å². The molecule has 1 N–H and O–H groups in total. The van der Waals surface area contributed by atoms with Crippen LogP contribution in [0.25, 0.3) is 0 Å². The van der Waals surface area contributed by atoms with Crippen LogP contribution >= 0.6 is 23.2 Å². The third-order valence-corrected chi connectivity index (χ3v) is 3.76. The molecule has 1 aliphatic rings. The molecule has 2 atom stereocenters. The summed E-state index contributed by atoms with van der Waals surface area (Å²) in [5.41, 5.74) is -0.323. The summed E-state index contributed by atoms with van der Waals surface area (Å²) >= 11 is 11.3. The number of hydrogen-bond donors (Lipinski definition) is 1. The minimum atomic E-state index is -0.962. The summed E-state index contributed by atoms with van der Waals surface area (Å²) < 4.78 is 5.36. The molecule has 2 rings (SSSR count). The number of hydrogen-bond acceptors (Lipinski definition) is 3. The Morgan fingerprint density at radius 2 is 2.29 bits per heavy atom. The molecule has 2 unspecified atom stereocenters. The Balaban J connectivity index is 2.18. The molecule has 1 aliphatic heterocycles. The maximum Gasteiger partial charge on any atom is 0.170 e. The Hall–Kier alpha value is -0.510. The zero-order valence-electron chi connectivity index (χ0n) is 9.74. The smallest absolute Gasteiger partial charge is 0.170 e. The normalized spacial score (nSPS) is 27.6. The minimum Gasteiger partial charge on any atom is -0.468 e. The van der Waals surface area contributed by atoms with Gasteiger partial charge in [0.05, 0.1) is 12.3 Å². The molecular weight excluding hydrogens is 261 g/mol. The van der Waals surface area contributed by atoms with Crippen molar-refractivity contribution in [2.24, 2.45) is 5.92 Å². The van der Waals surface area contributed by atoms with E-state index in [1.54, 1.807) is 6.26 Å². The summed E-state index contributed by atoms with van der Waals surface area (Å²) in [6, 6.07) is 3.78. The van der Waals surface area contributed by atoms with Crippen molar-refractivity contribution in [3.05, 3.63) is 24.2 Å². The molecule has 2 heterocycles. The molecule has 0 saturated carbocycles. The second-order valence-corrected chi connectivity index (χ2v) is 6.02. The van der Waals surface area contributed by atoms with Crippen LogP contribution < -0.4 is 5.32 Å². The Bertz CT molecular complexity index is 401. The summed E-state index contributed by atoms with van der Waals surface area (Å²) in [4.78, 5) is 11.0. The van der Waals surface area contributed by atoms with Gasteiger partial charge >= 0.3 is 0 Å². The molecular formula is C12H15Cl2NO2. The van der Waals surface area contributed by atoms with Crippen LogP contribution in [0.1, 0.15) is 32.1 Å². The fourth-order valence-corrected chi connectivity index (χ4v) is 2.74. The van der Waals surface area contributed by atoms with Crippen LogP contribution in [0.5, 0.6) is 0 Å². The second-order valence-electron chi connectivity index (χ2n) is 4.93. The molecule has 0 amide bonds. The highest BCUT2D eigenvalue weighted by Gasteiger charge is 2.46. The van der Waals surface area contributed by atoms with Gasteiger partial charge in [-0.1, -0.05) is 23.2 Å². The van der Waals surface area contributed by atoms with Gasteiger partial charge in [-0.25, -0.2) is 0 Å². The summed E-state index contributed by atoms with van der Waals surface area (Å²) in [6.07, 6.45) is 2.29. The lowest BCUT2D eigenvalue weighted by Crippen LogP contribution is -2.43. The van der Waals surface area contributed by atoms with Crippen molar-refractivity contribution in [3.8, 4) is 0 Å². The molecule has 5 heteroatoms. The van der Waals surface area contributed by atoms with E-state index in [9.17, 15) is 4.79 Å². The average Bonchev–Trinajstić information content (AvgIpc) is 2.83. The largest absolute Gasteiger partial charge is 0.468 e. The minimum absolute atomic E-state index is 0.0426. The first-order chi connectivity index (χ1) is 7.92. The number of ketones is 1. The van der Waals surface area contributed by atoms with Gasteiger partial charge in [-0.05, 0) is 32.4 Å². The average molecular weight is 276 g/mol. The van der Waals surface area contributed by atoms with Crippen LogP contribution in [0.4, 0.5) is 0 Å². The maximum absolute atomic E-state index is 11.9. The van der Waals surface area contributed by atoms with Gasteiger partial charge < -0.3 is 9.73 Å². The summed E-state index contributed by atoms with van der Waals surface area (Å²) in [7, 11) is 0. The number of rotatable bonds is 3. The van der Waals surface area contributed by atoms with E-state index in [1.807, 2.05) is 26.0 Å². The number of nitrogens with one attached hydrogen (secondary N) is 1. The van der Waals surface area contributed by atoms with Crippen LogP contribution in [0.3, 0.4) is 0 Å². The Morgan fingerprint density at radius 1 is 1.59 bits per heavy atom. The molecule has 0 radical (unpaired) electrons. The van der Waals surface area contributed by atoms with Gasteiger partial charge in [-0.15, -0.1) is 0 Å². The van der Waals surface area contributed by atoms with E-state index in [2.05, 4.69) is 5.32 Å². The van der Waals surface area contributed by atoms with E-state index in [-0.39, 0.29) is 23.3 Å². The van der Waals surface area contributed by atoms with Crippen molar-refractivity contribution in [1.29, 1.82) is 0 Å². The summed E-state index contributed by atoms with van der Waals surface area (Å²) in [6.45, 7) is 3.96. The van der Waals surface area contributed by atoms with Gasteiger partial charge in [0.2, 0.25) is 0 Å². The van der Waals surface area contributed by atoms with Crippen LogP contribution in [-0.2, 0) is 4.79 Å². The van der Waals surface area contributed by atoms with Gasteiger partial charge in [-0.3, -0.25) is 4.79 Å². The van der Waals surface area contributed by atoms with Crippen molar-refractivity contribution in [2.75, 3.05) is 0 Å². The highest BCUT2D eigenvalue weighted by Crippen LogP contribution is 2.39. The lowest BCUT2D eigenvalue weighted by atomic mass is 9.85. The van der Waals surface area contributed by atoms with Crippen LogP contribution in [0.2, 0.25) is 0 Å². The monoisotopic (exact) mass is 275 g/mol. The van der Waals surface area contributed by atoms with Gasteiger partial charge in [0.25, 0.3) is 0 Å². The molecule has 3 nitrogen and oxygen atoms in total. The highest BCUT2D eigenvalue weighted by atomic mass is 35.5. The molecule has 94 valence electrons. The predicted molar refractivity (Wildman–Crippen MR) is 67.3 cm³/mol. The van der Waals surface area contributed by atoms with E-state index in [0.29, 0.717) is 6.42 Å². The Morgan fingerprint density at radius 3 is 2.82 bits per heavy atom. The third-order valence-electron chi connectivity index (χ3n) is 3.33. The molecule has 0 aromatic carbocycles. The number of furan rings is 1. The predicted octanol–water partition coefficient (Wildman–Crippen LogP) is 3.08. The summed E-state index contributed by atoms with van der Waals surface area (Å²) in [5.74, 6) is 0.520. The van der Waals surface area contributed by atoms with Gasteiger partial charge in [0.15, 0.2) is 10.6 Å². The molecule has 1 saturated heterocycles. The molecule has 0 bridgehead atoms. The van der Waals surface area contributed by atoms with E-state index >= 15 is 0 Å². The van der Waals surface area contributed by atoms with Crippen molar-refractivity contribution in [3.63, 3.8) is 0 Å². The zero-order valence-corrected chi connectivity index (χ0v) is 11.3. The van der Waals surface area contributed by atoms with E-state index in [4.69, 9.17) is 27.6 Å². The van der Waals surface area contributed by atoms with Crippen LogP contribution in [0, 0.1) is 5.92 Å². The zero-order chi connectivity index (χ0) is 12.6. The van der Waals surface area contributed by atoms with Crippen molar-refractivity contribution >= 4 is 29.0 Å². The van der Waals surface area contributed by atoms with Crippen molar-refractivity contribution in [1.82, 2.24) is 5.32 Å². The molecule has 17 heavy (non-hydrogen) atoms. The molecule has 0 aliphatic carbocycles. The molecule has 1 aromatic heterocycles. The quantitative estimate of drug-likeness (QED) is 0.863. The SMILES string of the molecule is CC1(C)NC(c2ccco2)CC1C(=O)C(Cl)Cl. The number of carbonyl (C=O) groups excluding carboxylic acids is 1. The first-order valence-electron chi connectivity index (χ1n) is 5.55. The van der Waals surface area contributed by atoms with Crippen LogP contribution in [0.15, 0.2) is 22.8 Å². The molecule has 0 spiro atoms. The lowest BCUT2D eigenvalue weighted by Gasteiger charge is -2.26. The number of Topliss-reactive ketones (excluding diaryl/α,β-unsaturated/α-hetero) is 1. The second kappa shape index (κ2) is 4.63. The fraction of sp³-hybridized carbons (Fsp3) is 0.583. The standard InChI is InChI=1S/C12H15Cl2NO2/c1-12(2)7(10(16)11(13)14)6-8(15-12)9-4-3-5-17-9/h3-5,7-8,11,15H,6H2,1-2H3. The third kappa shape index (κ3) is 2.51. The van der Waals surface area contributed by atoms with Gasteiger partial charge in [0, 0.05) is 11.5 Å². The highest BCUT2D eigenvalue weighted by molar-refractivity contribution is 6.54. The molecule has 1 fully saturated rings. The lowest BCUT2D eigenvalue weighted by molar-refractivity contribution is -0.122. The van der Waals surface area contributed by atoms with E-state index in [0.717, 1.165) is 5.76 Å². The van der Waals surface area contributed by atoms with Crippen molar-refractivity contribution < 1.29 is 9.21 Å². The molecule has 1 aromatic rings. The van der Waals surface area contributed by atoms with Crippen LogP contribution in [-0.4, -0.2) is 16.2 Å². The van der Waals surface area contributed by atoms with E-state index < -0.39 is 4.84 Å². The summed E-state index contributed by atoms with van der Waals surface area (Å²) in [5, 5.41) is 3.39.